The third-order valence-corrected chi connectivity index (χ3v) is 3.74. The summed E-state index contributed by atoms with van der Waals surface area (Å²) in [5.74, 6) is 0.962. The maximum Gasteiger partial charge on any atom is 0.0545 e. The Hall–Kier alpha value is -1.09. The number of anilines is 1. The van der Waals surface area contributed by atoms with E-state index in [1.165, 1.54) is 25.8 Å². The summed E-state index contributed by atoms with van der Waals surface area (Å²) in [5.41, 5.74) is 7.52. The molecule has 3 nitrogen and oxygen atoms in total. The Morgan fingerprint density at radius 3 is 2.93 bits per heavy atom. The van der Waals surface area contributed by atoms with Crippen LogP contribution >= 0.6 is 0 Å². The van der Waals surface area contributed by atoms with E-state index in [0.29, 0.717) is 0 Å². The van der Waals surface area contributed by atoms with Crippen LogP contribution in [0, 0.1) is 5.92 Å². The van der Waals surface area contributed by atoms with Gasteiger partial charge in [0.2, 0.25) is 0 Å². The predicted molar refractivity (Wildman–Crippen MR) is 60.2 cm³/mol. The van der Waals surface area contributed by atoms with Gasteiger partial charge >= 0.3 is 0 Å². The van der Waals surface area contributed by atoms with Crippen molar-refractivity contribution in [1.29, 1.82) is 0 Å². The smallest absolute Gasteiger partial charge is 0.0545 e. The molecule has 1 aromatic rings. The zero-order chi connectivity index (χ0) is 10.3. The second-order valence-electron chi connectivity index (χ2n) is 4.85. The molecule has 1 aliphatic carbocycles. The molecule has 2 atom stereocenters. The molecule has 2 fully saturated rings. The average Bonchev–Trinajstić information content (AvgIpc) is 2.83. The van der Waals surface area contributed by atoms with E-state index in [1.54, 1.807) is 6.20 Å². The van der Waals surface area contributed by atoms with Gasteiger partial charge < -0.3 is 5.73 Å². The number of rotatable bonds is 2. The number of hydrogen-bond acceptors (Lipinski definition) is 3. The van der Waals surface area contributed by atoms with Crippen LogP contribution in [-0.4, -0.2) is 22.5 Å². The standard InChI is InChI=1S/C12H17N3/c13-10-2-3-11(14-6-10)8-15-7-9-1-4-12(15)5-9/h2-3,6,9,12H,1,4-5,7-8,13H2. The van der Waals surface area contributed by atoms with Gasteiger partial charge in [0.05, 0.1) is 17.6 Å². The van der Waals surface area contributed by atoms with E-state index in [4.69, 9.17) is 5.73 Å². The van der Waals surface area contributed by atoms with Crippen LogP contribution in [0.15, 0.2) is 18.3 Å². The summed E-state index contributed by atoms with van der Waals surface area (Å²) in [5, 5.41) is 0. The molecule has 0 spiro atoms. The average molecular weight is 203 g/mol. The van der Waals surface area contributed by atoms with Crippen molar-refractivity contribution >= 4 is 5.69 Å². The molecule has 0 radical (unpaired) electrons. The summed E-state index contributed by atoms with van der Waals surface area (Å²) in [6.07, 6.45) is 5.99. The third kappa shape index (κ3) is 1.72. The van der Waals surface area contributed by atoms with Gasteiger partial charge in [0.25, 0.3) is 0 Å². The Kier molecular flexibility index (Phi) is 2.13. The summed E-state index contributed by atoms with van der Waals surface area (Å²) in [4.78, 5) is 6.93. The Morgan fingerprint density at radius 2 is 2.33 bits per heavy atom. The molecule has 2 unspecified atom stereocenters. The highest BCUT2D eigenvalue weighted by molar-refractivity contribution is 5.34. The molecule has 0 aromatic carbocycles. The Balaban J connectivity index is 1.68. The molecule has 15 heavy (non-hydrogen) atoms. The summed E-state index contributed by atoms with van der Waals surface area (Å²) >= 11 is 0. The van der Waals surface area contributed by atoms with Crippen molar-refractivity contribution in [3.05, 3.63) is 24.0 Å². The number of pyridine rings is 1. The normalized spacial score (nSPS) is 29.9. The third-order valence-electron chi connectivity index (χ3n) is 3.74. The molecule has 2 N–H and O–H groups in total. The minimum Gasteiger partial charge on any atom is -0.397 e. The molecular formula is C12H17N3. The van der Waals surface area contributed by atoms with Crippen molar-refractivity contribution in [2.75, 3.05) is 12.3 Å². The molecule has 1 aromatic heterocycles. The van der Waals surface area contributed by atoms with Gasteiger partial charge in [0.1, 0.15) is 0 Å². The molecule has 3 heteroatoms. The number of fused-ring (bicyclic) bond motifs is 2. The predicted octanol–water partition coefficient (Wildman–Crippen LogP) is 1.65. The first-order valence-corrected chi connectivity index (χ1v) is 5.76. The van der Waals surface area contributed by atoms with Crippen LogP contribution in [0.3, 0.4) is 0 Å². The van der Waals surface area contributed by atoms with E-state index in [2.05, 4.69) is 9.88 Å². The van der Waals surface area contributed by atoms with E-state index in [1.807, 2.05) is 12.1 Å². The monoisotopic (exact) mass is 203 g/mol. The molecule has 2 heterocycles. The van der Waals surface area contributed by atoms with E-state index >= 15 is 0 Å². The number of nitrogen functional groups attached to an aromatic ring is 1. The summed E-state index contributed by atoms with van der Waals surface area (Å²) < 4.78 is 0. The molecule has 1 saturated carbocycles. The first-order valence-electron chi connectivity index (χ1n) is 5.76. The Bertz CT molecular complexity index is 346. The molecule has 1 aliphatic heterocycles. The highest BCUT2D eigenvalue weighted by atomic mass is 15.2. The van der Waals surface area contributed by atoms with Gasteiger partial charge in [-0.3, -0.25) is 9.88 Å². The van der Waals surface area contributed by atoms with Gasteiger partial charge in [-0.15, -0.1) is 0 Å². The zero-order valence-corrected chi connectivity index (χ0v) is 8.89. The van der Waals surface area contributed by atoms with E-state index in [9.17, 15) is 0 Å². The molecule has 1 saturated heterocycles. The van der Waals surface area contributed by atoms with E-state index in [-0.39, 0.29) is 0 Å². The van der Waals surface area contributed by atoms with E-state index in [0.717, 1.165) is 29.9 Å². The van der Waals surface area contributed by atoms with Crippen LogP contribution in [0.5, 0.6) is 0 Å². The summed E-state index contributed by atoms with van der Waals surface area (Å²) in [7, 11) is 0. The number of likely N-dealkylation sites (tertiary alicyclic amines) is 1. The summed E-state index contributed by atoms with van der Waals surface area (Å²) in [6, 6.07) is 4.81. The fourth-order valence-corrected chi connectivity index (χ4v) is 2.96. The second kappa shape index (κ2) is 3.49. The van der Waals surface area contributed by atoms with Crippen molar-refractivity contribution in [2.45, 2.75) is 31.8 Å². The van der Waals surface area contributed by atoms with Gasteiger partial charge in [0.15, 0.2) is 0 Å². The first-order chi connectivity index (χ1) is 7.31. The number of hydrogen-bond donors (Lipinski definition) is 1. The Morgan fingerprint density at radius 1 is 1.40 bits per heavy atom. The van der Waals surface area contributed by atoms with Crippen LogP contribution in [-0.2, 0) is 6.54 Å². The maximum atomic E-state index is 5.62. The van der Waals surface area contributed by atoms with Crippen molar-refractivity contribution in [3.8, 4) is 0 Å². The SMILES string of the molecule is Nc1ccc(CN2CC3CCC2C3)nc1. The lowest BCUT2D eigenvalue weighted by atomic mass is 10.1. The lowest BCUT2D eigenvalue weighted by Crippen LogP contribution is -2.31. The van der Waals surface area contributed by atoms with Crippen LogP contribution in [0.2, 0.25) is 0 Å². The van der Waals surface area contributed by atoms with Gasteiger partial charge in [-0.25, -0.2) is 0 Å². The Labute approximate surface area is 90.3 Å². The van der Waals surface area contributed by atoms with Crippen molar-refractivity contribution in [1.82, 2.24) is 9.88 Å². The number of nitrogens with two attached hydrogens (primary N) is 1. The van der Waals surface area contributed by atoms with Gasteiger partial charge in [-0.2, -0.15) is 0 Å². The molecular weight excluding hydrogens is 186 g/mol. The van der Waals surface area contributed by atoms with Crippen LogP contribution in [0.1, 0.15) is 25.0 Å². The lowest BCUT2D eigenvalue weighted by Gasteiger charge is -2.26. The summed E-state index contributed by atoms with van der Waals surface area (Å²) in [6.45, 7) is 2.28. The molecule has 80 valence electrons. The largest absolute Gasteiger partial charge is 0.397 e. The van der Waals surface area contributed by atoms with Crippen molar-refractivity contribution in [3.63, 3.8) is 0 Å². The molecule has 2 bridgehead atoms. The van der Waals surface area contributed by atoms with Gasteiger partial charge in [0, 0.05) is 19.1 Å². The number of piperidine rings is 1. The van der Waals surface area contributed by atoms with Crippen LogP contribution in [0.4, 0.5) is 5.69 Å². The number of aromatic nitrogens is 1. The maximum absolute atomic E-state index is 5.62. The fraction of sp³-hybridized carbons (Fsp3) is 0.583. The second-order valence-corrected chi connectivity index (χ2v) is 4.85. The highest BCUT2D eigenvalue weighted by Gasteiger charge is 2.37. The van der Waals surface area contributed by atoms with E-state index < -0.39 is 0 Å². The van der Waals surface area contributed by atoms with Crippen molar-refractivity contribution in [2.24, 2.45) is 5.92 Å². The number of nitrogens with zero attached hydrogens (tertiary/aromatic N) is 2. The highest BCUT2D eigenvalue weighted by Crippen LogP contribution is 2.37. The minimum atomic E-state index is 0.752. The van der Waals surface area contributed by atoms with Crippen molar-refractivity contribution < 1.29 is 0 Å². The fourth-order valence-electron chi connectivity index (χ4n) is 2.96. The van der Waals surface area contributed by atoms with Crippen LogP contribution < -0.4 is 5.73 Å². The van der Waals surface area contributed by atoms with Crippen LogP contribution in [0.25, 0.3) is 0 Å². The molecule has 2 aliphatic rings. The molecule has 3 rings (SSSR count). The minimum absolute atomic E-state index is 0.752. The molecule has 0 amide bonds. The van der Waals surface area contributed by atoms with Gasteiger partial charge in [-0.1, -0.05) is 0 Å². The zero-order valence-electron chi connectivity index (χ0n) is 8.89. The first kappa shape index (κ1) is 9.16. The van der Waals surface area contributed by atoms with Gasteiger partial charge in [-0.05, 0) is 37.3 Å². The topological polar surface area (TPSA) is 42.1 Å². The quantitative estimate of drug-likeness (QED) is 0.794. The lowest BCUT2D eigenvalue weighted by molar-refractivity contribution is 0.203.